The molecule has 2 heteroatoms. The number of carbonyl (C=O) groups excluding carboxylic acids is 1. The molecule has 0 amide bonds. The van der Waals surface area contributed by atoms with E-state index in [2.05, 4.69) is 13.8 Å². The molecule has 0 saturated heterocycles. The maximum atomic E-state index is 12.3. The standard InChI is InChI=1S/C15H19ClO/c1-10-3-4-13(9-11(10)2)15(17)12-5-7-14(16)8-6-12/h5-8,10-11,13H,3-4,9H2,1-2H3. The molecule has 3 atom stereocenters. The molecule has 0 heterocycles. The van der Waals surface area contributed by atoms with Gasteiger partial charge in [0.1, 0.15) is 0 Å². The first-order valence-corrected chi connectivity index (χ1v) is 6.75. The van der Waals surface area contributed by atoms with Crippen LogP contribution < -0.4 is 0 Å². The second-order valence-electron chi connectivity index (χ2n) is 5.34. The lowest BCUT2D eigenvalue weighted by molar-refractivity contribution is 0.0837. The molecule has 17 heavy (non-hydrogen) atoms. The van der Waals surface area contributed by atoms with Gasteiger partial charge < -0.3 is 0 Å². The maximum Gasteiger partial charge on any atom is 0.165 e. The molecule has 0 radical (unpaired) electrons. The lowest BCUT2D eigenvalue weighted by Crippen LogP contribution is -2.26. The van der Waals surface area contributed by atoms with E-state index >= 15 is 0 Å². The van der Waals surface area contributed by atoms with Crippen molar-refractivity contribution in [1.82, 2.24) is 0 Å². The lowest BCUT2D eigenvalue weighted by atomic mass is 9.73. The molecule has 1 fully saturated rings. The molecule has 1 saturated carbocycles. The topological polar surface area (TPSA) is 17.1 Å². The van der Waals surface area contributed by atoms with E-state index in [1.54, 1.807) is 12.1 Å². The minimum Gasteiger partial charge on any atom is -0.294 e. The number of ketones is 1. The van der Waals surface area contributed by atoms with Crippen LogP contribution in [-0.4, -0.2) is 5.78 Å². The van der Waals surface area contributed by atoms with Gasteiger partial charge in [-0.3, -0.25) is 4.79 Å². The zero-order chi connectivity index (χ0) is 12.4. The van der Waals surface area contributed by atoms with Crippen molar-refractivity contribution < 1.29 is 4.79 Å². The van der Waals surface area contributed by atoms with Crippen LogP contribution in [0.3, 0.4) is 0 Å². The Labute approximate surface area is 108 Å². The minimum absolute atomic E-state index is 0.211. The maximum absolute atomic E-state index is 12.3. The summed E-state index contributed by atoms with van der Waals surface area (Å²) in [5.41, 5.74) is 0.807. The Balaban J connectivity index is 2.08. The van der Waals surface area contributed by atoms with Gasteiger partial charge in [0.2, 0.25) is 0 Å². The Morgan fingerprint density at radius 3 is 2.35 bits per heavy atom. The van der Waals surface area contributed by atoms with Crippen molar-refractivity contribution in [2.75, 3.05) is 0 Å². The molecule has 2 rings (SSSR count). The van der Waals surface area contributed by atoms with Crippen LogP contribution in [0.2, 0.25) is 5.02 Å². The first kappa shape index (κ1) is 12.6. The van der Waals surface area contributed by atoms with Crippen LogP contribution in [0.15, 0.2) is 24.3 Å². The van der Waals surface area contributed by atoms with Gasteiger partial charge in [0.15, 0.2) is 5.78 Å². The van der Waals surface area contributed by atoms with Crippen LogP contribution in [0.25, 0.3) is 0 Å². The highest BCUT2D eigenvalue weighted by molar-refractivity contribution is 6.30. The van der Waals surface area contributed by atoms with Gasteiger partial charge in [-0.1, -0.05) is 25.4 Å². The zero-order valence-electron chi connectivity index (χ0n) is 10.4. The first-order chi connectivity index (χ1) is 8.08. The van der Waals surface area contributed by atoms with Crippen molar-refractivity contribution in [3.63, 3.8) is 0 Å². The van der Waals surface area contributed by atoms with Crippen LogP contribution in [0.1, 0.15) is 43.5 Å². The van der Waals surface area contributed by atoms with E-state index in [1.807, 2.05) is 12.1 Å². The van der Waals surface area contributed by atoms with Crippen LogP contribution in [0.5, 0.6) is 0 Å². The summed E-state index contributed by atoms with van der Waals surface area (Å²) in [5.74, 6) is 1.91. The summed E-state index contributed by atoms with van der Waals surface area (Å²) in [6, 6.07) is 7.27. The second kappa shape index (κ2) is 5.22. The van der Waals surface area contributed by atoms with E-state index in [0.29, 0.717) is 16.7 Å². The molecule has 1 aliphatic carbocycles. The zero-order valence-corrected chi connectivity index (χ0v) is 11.2. The smallest absolute Gasteiger partial charge is 0.165 e. The van der Waals surface area contributed by atoms with E-state index in [9.17, 15) is 4.79 Å². The van der Waals surface area contributed by atoms with E-state index in [0.717, 1.165) is 24.3 Å². The Hall–Kier alpha value is -0.820. The number of hydrogen-bond donors (Lipinski definition) is 0. The van der Waals surface area contributed by atoms with Gasteiger partial charge in [0.25, 0.3) is 0 Å². The molecule has 92 valence electrons. The SMILES string of the molecule is CC1CCC(C(=O)c2ccc(Cl)cc2)CC1C. The highest BCUT2D eigenvalue weighted by atomic mass is 35.5. The fourth-order valence-corrected chi connectivity index (χ4v) is 2.76. The number of carbonyl (C=O) groups is 1. The molecule has 0 aliphatic heterocycles. The van der Waals surface area contributed by atoms with E-state index in [-0.39, 0.29) is 5.92 Å². The molecule has 0 bridgehead atoms. The Bertz CT molecular complexity index is 396. The average Bonchev–Trinajstić information content (AvgIpc) is 2.33. The molecule has 3 unspecified atom stereocenters. The third kappa shape index (κ3) is 2.90. The highest BCUT2D eigenvalue weighted by Gasteiger charge is 2.29. The van der Waals surface area contributed by atoms with Gasteiger partial charge in [0, 0.05) is 16.5 Å². The molecule has 0 N–H and O–H groups in total. The number of halogens is 1. The number of Topliss-reactive ketones (excluding diaryl/α,β-unsaturated/α-hetero) is 1. The fraction of sp³-hybridized carbons (Fsp3) is 0.533. The molecule has 0 spiro atoms. The summed E-state index contributed by atoms with van der Waals surface area (Å²) in [6.45, 7) is 4.54. The van der Waals surface area contributed by atoms with Crippen molar-refractivity contribution in [3.8, 4) is 0 Å². The van der Waals surface area contributed by atoms with E-state index in [4.69, 9.17) is 11.6 Å². The van der Waals surface area contributed by atoms with Crippen molar-refractivity contribution in [2.24, 2.45) is 17.8 Å². The molecule has 1 aliphatic rings. The quantitative estimate of drug-likeness (QED) is 0.702. The van der Waals surface area contributed by atoms with Crippen molar-refractivity contribution >= 4 is 17.4 Å². The molecule has 1 nitrogen and oxygen atoms in total. The van der Waals surface area contributed by atoms with Gasteiger partial charge in [0.05, 0.1) is 0 Å². The molecule has 0 aromatic heterocycles. The van der Waals surface area contributed by atoms with Gasteiger partial charge in [-0.15, -0.1) is 0 Å². The summed E-state index contributed by atoms with van der Waals surface area (Å²) < 4.78 is 0. The summed E-state index contributed by atoms with van der Waals surface area (Å²) in [6.07, 6.45) is 3.24. The predicted octanol–water partition coefficient (Wildman–Crippen LogP) is 4.60. The Morgan fingerprint density at radius 1 is 1.12 bits per heavy atom. The number of benzene rings is 1. The Kier molecular flexibility index (Phi) is 3.88. The van der Waals surface area contributed by atoms with Crippen molar-refractivity contribution in [1.29, 1.82) is 0 Å². The van der Waals surface area contributed by atoms with E-state index in [1.165, 1.54) is 6.42 Å². The monoisotopic (exact) mass is 250 g/mol. The summed E-state index contributed by atoms with van der Waals surface area (Å²) in [5, 5.41) is 0.687. The van der Waals surface area contributed by atoms with Gasteiger partial charge in [-0.2, -0.15) is 0 Å². The third-order valence-electron chi connectivity index (χ3n) is 4.10. The lowest BCUT2D eigenvalue weighted by Gasteiger charge is -2.31. The molecular weight excluding hydrogens is 232 g/mol. The van der Waals surface area contributed by atoms with Gasteiger partial charge in [-0.05, 0) is 55.4 Å². The first-order valence-electron chi connectivity index (χ1n) is 6.37. The van der Waals surface area contributed by atoms with Crippen molar-refractivity contribution in [3.05, 3.63) is 34.9 Å². The third-order valence-corrected chi connectivity index (χ3v) is 4.35. The van der Waals surface area contributed by atoms with Crippen molar-refractivity contribution in [2.45, 2.75) is 33.1 Å². The van der Waals surface area contributed by atoms with Gasteiger partial charge in [-0.25, -0.2) is 0 Å². The fourth-order valence-electron chi connectivity index (χ4n) is 2.64. The average molecular weight is 251 g/mol. The summed E-state index contributed by atoms with van der Waals surface area (Å²) >= 11 is 5.83. The second-order valence-corrected chi connectivity index (χ2v) is 5.77. The predicted molar refractivity (Wildman–Crippen MR) is 71.5 cm³/mol. The number of rotatable bonds is 2. The molecule has 1 aromatic rings. The van der Waals surface area contributed by atoms with Gasteiger partial charge >= 0.3 is 0 Å². The normalized spacial score (nSPS) is 29.0. The number of hydrogen-bond acceptors (Lipinski definition) is 1. The highest BCUT2D eigenvalue weighted by Crippen LogP contribution is 2.35. The molecular formula is C15H19ClO. The van der Waals surface area contributed by atoms with E-state index < -0.39 is 0 Å². The summed E-state index contributed by atoms with van der Waals surface area (Å²) in [7, 11) is 0. The molecule has 1 aromatic carbocycles. The van der Waals surface area contributed by atoms with Crippen LogP contribution in [0, 0.1) is 17.8 Å². The Morgan fingerprint density at radius 2 is 1.76 bits per heavy atom. The largest absolute Gasteiger partial charge is 0.294 e. The van der Waals surface area contributed by atoms with Crippen LogP contribution in [0.4, 0.5) is 0 Å². The minimum atomic E-state index is 0.211. The van der Waals surface area contributed by atoms with Crippen LogP contribution >= 0.6 is 11.6 Å². The van der Waals surface area contributed by atoms with Crippen LogP contribution in [-0.2, 0) is 0 Å². The summed E-state index contributed by atoms with van der Waals surface area (Å²) in [4.78, 5) is 12.3.